The van der Waals surface area contributed by atoms with Crippen LogP contribution in [-0.2, 0) is 4.74 Å². The minimum Gasteiger partial charge on any atom is -0.370 e. The molecule has 82 valence electrons. The second-order valence-electron chi connectivity index (χ2n) is 4.33. The predicted molar refractivity (Wildman–Crippen MR) is 61.2 cm³/mol. The molecule has 0 atom stereocenters. The lowest BCUT2D eigenvalue weighted by molar-refractivity contribution is -0.124. The van der Waals surface area contributed by atoms with Crippen molar-refractivity contribution in [2.45, 2.75) is 79.4 Å². The molecule has 0 amide bonds. The third kappa shape index (κ3) is 8.29. The van der Waals surface area contributed by atoms with E-state index in [0.29, 0.717) is 0 Å². The van der Waals surface area contributed by atoms with E-state index in [4.69, 9.17) is 4.74 Å². The van der Waals surface area contributed by atoms with Crippen LogP contribution in [0, 0.1) is 0 Å². The van der Waals surface area contributed by atoms with Gasteiger partial charge in [-0.05, 0) is 40.5 Å². The quantitative estimate of drug-likeness (QED) is 0.635. The van der Waals surface area contributed by atoms with Crippen LogP contribution in [0.2, 0.25) is 0 Å². The standard InChI is InChI=1S/C10H22O.C2H6/c1-7-9(3,4)11-10(5,6)8-2;1-2/h7-8H2,1-6H3;1-2H3. The fourth-order valence-corrected chi connectivity index (χ4v) is 0.892. The Morgan fingerprint density at radius 3 is 1.15 bits per heavy atom. The van der Waals surface area contributed by atoms with Gasteiger partial charge in [-0.15, -0.1) is 0 Å². The topological polar surface area (TPSA) is 9.23 Å². The first-order valence-electron chi connectivity index (χ1n) is 5.53. The van der Waals surface area contributed by atoms with Crippen LogP contribution in [0.4, 0.5) is 0 Å². The molecule has 0 unspecified atom stereocenters. The number of ether oxygens (including phenoxy) is 1. The summed E-state index contributed by atoms with van der Waals surface area (Å²) in [5.74, 6) is 0. The van der Waals surface area contributed by atoms with E-state index in [-0.39, 0.29) is 11.2 Å². The predicted octanol–water partition coefficient (Wildman–Crippen LogP) is 4.41. The van der Waals surface area contributed by atoms with Crippen LogP contribution < -0.4 is 0 Å². The molecular formula is C12H28O. The van der Waals surface area contributed by atoms with Gasteiger partial charge in [0.2, 0.25) is 0 Å². The van der Waals surface area contributed by atoms with E-state index in [1.54, 1.807) is 0 Å². The molecular weight excluding hydrogens is 160 g/mol. The lowest BCUT2D eigenvalue weighted by atomic mass is 10.0. The van der Waals surface area contributed by atoms with Crippen molar-refractivity contribution in [2.75, 3.05) is 0 Å². The van der Waals surface area contributed by atoms with Crippen LogP contribution >= 0.6 is 0 Å². The summed E-state index contributed by atoms with van der Waals surface area (Å²) in [6.45, 7) is 16.9. The Morgan fingerprint density at radius 2 is 1.00 bits per heavy atom. The van der Waals surface area contributed by atoms with E-state index in [0.717, 1.165) is 12.8 Å². The van der Waals surface area contributed by atoms with E-state index >= 15 is 0 Å². The molecule has 0 heterocycles. The molecule has 0 aromatic heterocycles. The van der Waals surface area contributed by atoms with Gasteiger partial charge in [0, 0.05) is 0 Å². The maximum Gasteiger partial charge on any atom is 0.0631 e. The number of rotatable bonds is 4. The lowest BCUT2D eigenvalue weighted by Crippen LogP contribution is -2.35. The van der Waals surface area contributed by atoms with Crippen molar-refractivity contribution in [3.63, 3.8) is 0 Å². The Morgan fingerprint density at radius 1 is 0.769 bits per heavy atom. The Hall–Kier alpha value is -0.0400. The highest BCUT2D eigenvalue weighted by Crippen LogP contribution is 2.24. The van der Waals surface area contributed by atoms with Crippen molar-refractivity contribution < 1.29 is 4.74 Å². The summed E-state index contributed by atoms with van der Waals surface area (Å²) in [7, 11) is 0. The molecule has 0 saturated carbocycles. The van der Waals surface area contributed by atoms with Crippen LogP contribution in [0.25, 0.3) is 0 Å². The normalized spacial score (nSPS) is 12.0. The molecule has 0 fully saturated rings. The summed E-state index contributed by atoms with van der Waals surface area (Å²) in [4.78, 5) is 0. The van der Waals surface area contributed by atoms with Gasteiger partial charge in [-0.2, -0.15) is 0 Å². The summed E-state index contributed by atoms with van der Waals surface area (Å²) in [5, 5.41) is 0. The van der Waals surface area contributed by atoms with Crippen molar-refractivity contribution >= 4 is 0 Å². The monoisotopic (exact) mass is 188 g/mol. The SMILES string of the molecule is CC.CCC(C)(C)OC(C)(C)CC. The fraction of sp³-hybridized carbons (Fsp3) is 1.00. The molecule has 1 nitrogen and oxygen atoms in total. The smallest absolute Gasteiger partial charge is 0.0631 e. The fourth-order valence-electron chi connectivity index (χ4n) is 0.892. The maximum atomic E-state index is 5.92. The van der Waals surface area contributed by atoms with Crippen molar-refractivity contribution in [1.82, 2.24) is 0 Å². The van der Waals surface area contributed by atoms with Gasteiger partial charge in [0.15, 0.2) is 0 Å². The highest BCUT2D eigenvalue weighted by molar-refractivity contribution is 4.74. The Bertz CT molecular complexity index is 100. The van der Waals surface area contributed by atoms with E-state index in [9.17, 15) is 0 Å². The van der Waals surface area contributed by atoms with Crippen molar-refractivity contribution in [3.05, 3.63) is 0 Å². The molecule has 0 aliphatic rings. The van der Waals surface area contributed by atoms with Crippen LogP contribution in [0.1, 0.15) is 68.2 Å². The van der Waals surface area contributed by atoms with Crippen molar-refractivity contribution in [2.24, 2.45) is 0 Å². The van der Waals surface area contributed by atoms with Crippen LogP contribution in [0.15, 0.2) is 0 Å². The average molecular weight is 188 g/mol. The molecule has 13 heavy (non-hydrogen) atoms. The second-order valence-corrected chi connectivity index (χ2v) is 4.33. The molecule has 0 bridgehead atoms. The summed E-state index contributed by atoms with van der Waals surface area (Å²) in [6.07, 6.45) is 2.13. The average Bonchev–Trinajstić information content (AvgIpc) is 2.07. The second kappa shape index (κ2) is 6.42. The third-order valence-electron chi connectivity index (χ3n) is 2.26. The van der Waals surface area contributed by atoms with Crippen LogP contribution in [0.5, 0.6) is 0 Å². The first kappa shape index (κ1) is 15.4. The van der Waals surface area contributed by atoms with Gasteiger partial charge in [-0.25, -0.2) is 0 Å². The Kier molecular flexibility index (Phi) is 7.62. The molecule has 0 aliphatic carbocycles. The van der Waals surface area contributed by atoms with E-state index in [2.05, 4.69) is 41.5 Å². The van der Waals surface area contributed by atoms with Crippen LogP contribution in [-0.4, -0.2) is 11.2 Å². The largest absolute Gasteiger partial charge is 0.370 e. The van der Waals surface area contributed by atoms with Crippen molar-refractivity contribution in [3.8, 4) is 0 Å². The number of hydrogen-bond acceptors (Lipinski definition) is 1. The van der Waals surface area contributed by atoms with E-state index in [1.807, 2.05) is 13.8 Å². The summed E-state index contributed by atoms with van der Waals surface area (Å²) in [5.41, 5.74) is 0.0546. The third-order valence-corrected chi connectivity index (χ3v) is 2.26. The summed E-state index contributed by atoms with van der Waals surface area (Å²) in [6, 6.07) is 0. The van der Waals surface area contributed by atoms with E-state index in [1.165, 1.54) is 0 Å². The highest BCUT2D eigenvalue weighted by Gasteiger charge is 2.25. The van der Waals surface area contributed by atoms with Gasteiger partial charge in [0.05, 0.1) is 11.2 Å². The summed E-state index contributed by atoms with van der Waals surface area (Å²) >= 11 is 0. The zero-order valence-electron chi connectivity index (χ0n) is 10.8. The molecule has 0 spiro atoms. The molecule has 0 saturated heterocycles. The van der Waals surface area contributed by atoms with Gasteiger partial charge in [-0.1, -0.05) is 27.7 Å². The highest BCUT2D eigenvalue weighted by atomic mass is 16.5. The maximum absolute atomic E-state index is 5.92. The van der Waals surface area contributed by atoms with Gasteiger partial charge in [-0.3, -0.25) is 0 Å². The van der Waals surface area contributed by atoms with Gasteiger partial charge >= 0.3 is 0 Å². The minimum absolute atomic E-state index is 0.0273. The first-order chi connectivity index (χ1) is 5.83. The zero-order chi connectivity index (χ0) is 11.1. The van der Waals surface area contributed by atoms with Crippen LogP contribution in [0.3, 0.4) is 0 Å². The zero-order valence-corrected chi connectivity index (χ0v) is 10.8. The molecule has 0 aliphatic heterocycles. The minimum atomic E-state index is 0.0273. The molecule has 0 rings (SSSR count). The molecule has 0 aromatic rings. The van der Waals surface area contributed by atoms with Gasteiger partial charge < -0.3 is 4.74 Å². The Balaban J connectivity index is 0. The lowest BCUT2D eigenvalue weighted by Gasteiger charge is -2.34. The van der Waals surface area contributed by atoms with Gasteiger partial charge in [0.1, 0.15) is 0 Å². The molecule has 0 aromatic carbocycles. The van der Waals surface area contributed by atoms with E-state index < -0.39 is 0 Å². The summed E-state index contributed by atoms with van der Waals surface area (Å²) < 4.78 is 5.92. The molecule has 0 N–H and O–H groups in total. The first-order valence-corrected chi connectivity index (χ1v) is 5.53. The Labute approximate surface area is 84.9 Å². The van der Waals surface area contributed by atoms with Crippen molar-refractivity contribution in [1.29, 1.82) is 0 Å². The molecule has 1 heteroatoms. The van der Waals surface area contributed by atoms with Gasteiger partial charge in [0.25, 0.3) is 0 Å². The molecule has 0 radical (unpaired) electrons. The number of hydrogen-bond donors (Lipinski definition) is 0.